The van der Waals surface area contributed by atoms with Crippen molar-refractivity contribution in [3.05, 3.63) is 29.3 Å². The highest BCUT2D eigenvalue weighted by molar-refractivity contribution is 6.33. The molecule has 0 atom stereocenters. The molecular formula is C15H20ClN3O2. The Bertz CT molecular complexity index is 503. The maximum Gasteiger partial charge on any atom is 0.409 e. The molecule has 5 nitrogen and oxygen atoms in total. The number of rotatable bonds is 4. The number of benzene rings is 1. The van der Waals surface area contributed by atoms with Crippen LogP contribution in [-0.4, -0.2) is 68.3 Å². The molecule has 0 saturated carbocycles. The van der Waals surface area contributed by atoms with Crippen LogP contribution in [0.15, 0.2) is 24.3 Å². The van der Waals surface area contributed by atoms with Crippen molar-refractivity contribution in [1.82, 2.24) is 9.80 Å². The van der Waals surface area contributed by atoms with Crippen molar-refractivity contribution in [3.63, 3.8) is 0 Å². The molecule has 1 amide bonds. The molecule has 0 aromatic heterocycles. The van der Waals surface area contributed by atoms with Crippen molar-refractivity contribution in [2.24, 2.45) is 0 Å². The van der Waals surface area contributed by atoms with E-state index in [1.807, 2.05) is 18.2 Å². The van der Waals surface area contributed by atoms with Crippen LogP contribution < -0.4 is 4.90 Å². The Morgan fingerprint density at radius 3 is 2.48 bits per heavy atom. The van der Waals surface area contributed by atoms with Gasteiger partial charge in [-0.25, -0.2) is 4.79 Å². The van der Waals surface area contributed by atoms with Crippen LogP contribution in [-0.2, 0) is 4.74 Å². The van der Waals surface area contributed by atoms with Gasteiger partial charge in [-0.05, 0) is 12.1 Å². The first-order valence-corrected chi connectivity index (χ1v) is 7.75. The summed E-state index contributed by atoms with van der Waals surface area (Å²) in [6.45, 7) is 6.83. The maximum absolute atomic E-state index is 11.4. The van der Waals surface area contributed by atoms with E-state index in [1.54, 1.807) is 4.90 Å². The van der Waals surface area contributed by atoms with Crippen molar-refractivity contribution in [3.8, 4) is 0 Å². The molecule has 0 spiro atoms. The lowest BCUT2D eigenvalue weighted by molar-refractivity contribution is 0.152. The number of piperazine rings is 1. The molecule has 1 aromatic rings. The number of nitrogens with zero attached hydrogens (tertiary/aromatic N) is 3. The van der Waals surface area contributed by atoms with Gasteiger partial charge in [0.2, 0.25) is 0 Å². The number of anilines is 1. The largest absolute Gasteiger partial charge is 0.448 e. The van der Waals surface area contributed by atoms with Crippen molar-refractivity contribution >= 4 is 23.4 Å². The van der Waals surface area contributed by atoms with Crippen molar-refractivity contribution in [2.75, 3.05) is 57.3 Å². The van der Waals surface area contributed by atoms with Gasteiger partial charge in [0.15, 0.2) is 0 Å². The standard InChI is InChI=1S/C15H20ClN3O2/c16-13-3-1-2-4-14(13)18-8-5-17(6-9-18)7-10-19-11-12-21-15(19)20/h1-4H,5-12H2. The lowest BCUT2D eigenvalue weighted by Crippen LogP contribution is -2.48. The number of carbonyl (C=O) groups excluding carboxylic acids is 1. The summed E-state index contributed by atoms with van der Waals surface area (Å²) in [5, 5.41) is 0.811. The summed E-state index contributed by atoms with van der Waals surface area (Å²) in [5.74, 6) is 0. The average molecular weight is 310 g/mol. The fraction of sp³-hybridized carbons (Fsp3) is 0.533. The van der Waals surface area contributed by atoms with Crippen LogP contribution in [0.25, 0.3) is 0 Å². The van der Waals surface area contributed by atoms with E-state index in [0.29, 0.717) is 6.61 Å². The fourth-order valence-corrected chi connectivity index (χ4v) is 3.07. The van der Waals surface area contributed by atoms with Gasteiger partial charge in [-0.15, -0.1) is 0 Å². The number of cyclic esters (lactones) is 1. The highest BCUT2D eigenvalue weighted by atomic mass is 35.5. The lowest BCUT2D eigenvalue weighted by Gasteiger charge is -2.36. The second-order valence-corrected chi connectivity index (χ2v) is 5.79. The molecule has 2 aliphatic heterocycles. The molecule has 2 heterocycles. The number of amides is 1. The van der Waals surface area contributed by atoms with E-state index in [2.05, 4.69) is 15.9 Å². The molecule has 0 unspecified atom stereocenters. The van der Waals surface area contributed by atoms with Crippen LogP contribution in [0.1, 0.15) is 0 Å². The summed E-state index contributed by atoms with van der Waals surface area (Å²) in [4.78, 5) is 17.9. The van der Waals surface area contributed by atoms with E-state index in [0.717, 1.165) is 56.5 Å². The summed E-state index contributed by atoms with van der Waals surface area (Å²) in [7, 11) is 0. The van der Waals surface area contributed by atoms with Crippen molar-refractivity contribution in [1.29, 1.82) is 0 Å². The summed E-state index contributed by atoms with van der Waals surface area (Å²) < 4.78 is 4.94. The first-order chi connectivity index (χ1) is 10.2. The van der Waals surface area contributed by atoms with Crippen LogP contribution >= 0.6 is 11.6 Å². The quantitative estimate of drug-likeness (QED) is 0.851. The second-order valence-electron chi connectivity index (χ2n) is 5.38. The van der Waals surface area contributed by atoms with Crippen LogP contribution in [0, 0.1) is 0 Å². The van der Waals surface area contributed by atoms with Crippen LogP contribution in [0.3, 0.4) is 0 Å². The number of para-hydroxylation sites is 1. The van der Waals surface area contributed by atoms with Crippen LogP contribution in [0.5, 0.6) is 0 Å². The monoisotopic (exact) mass is 309 g/mol. The second kappa shape index (κ2) is 6.54. The van der Waals surface area contributed by atoms with Gasteiger partial charge in [-0.1, -0.05) is 23.7 Å². The molecule has 0 bridgehead atoms. The molecule has 21 heavy (non-hydrogen) atoms. The van der Waals surface area contributed by atoms with Gasteiger partial charge in [0.05, 0.1) is 17.3 Å². The minimum atomic E-state index is -0.176. The van der Waals surface area contributed by atoms with Gasteiger partial charge in [0.25, 0.3) is 0 Å². The Morgan fingerprint density at radius 2 is 1.81 bits per heavy atom. The summed E-state index contributed by atoms with van der Waals surface area (Å²) in [5.41, 5.74) is 1.11. The molecule has 2 aliphatic rings. The molecule has 6 heteroatoms. The van der Waals surface area contributed by atoms with E-state index >= 15 is 0 Å². The molecule has 3 rings (SSSR count). The number of hydrogen-bond donors (Lipinski definition) is 0. The predicted octanol–water partition coefficient (Wildman–Crippen LogP) is 1.91. The van der Waals surface area contributed by atoms with E-state index in [-0.39, 0.29) is 6.09 Å². The Kier molecular flexibility index (Phi) is 4.51. The zero-order valence-corrected chi connectivity index (χ0v) is 12.8. The van der Waals surface area contributed by atoms with E-state index in [9.17, 15) is 4.79 Å². The fourth-order valence-electron chi connectivity index (χ4n) is 2.81. The third-order valence-electron chi connectivity index (χ3n) is 4.10. The van der Waals surface area contributed by atoms with Crippen LogP contribution in [0.4, 0.5) is 10.5 Å². The van der Waals surface area contributed by atoms with Crippen molar-refractivity contribution in [2.45, 2.75) is 0 Å². The summed E-state index contributed by atoms with van der Waals surface area (Å²) in [6.07, 6.45) is -0.176. The first-order valence-electron chi connectivity index (χ1n) is 7.37. The average Bonchev–Trinajstić information content (AvgIpc) is 2.92. The van der Waals surface area contributed by atoms with Gasteiger partial charge in [-0.2, -0.15) is 0 Å². The highest BCUT2D eigenvalue weighted by Crippen LogP contribution is 2.25. The van der Waals surface area contributed by atoms with E-state index < -0.39 is 0 Å². The Labute approximate surface area is 130 Å². The van der Waals surface area contributed by atoms with Gasteiger partial charge in [-0.3, -0.25) is 4.90 Å². The number of ether oxygens (including phenoxy) is 1. The molecule has 0 radical (unpaired) electrons. The van der Waals surface area contributed by atoms with Gasteiger partial charge < -0.3 is 14.5 Å². The molecule has 2 saturated heterocycles. The van der Waals surface area contributed by atoms with Gasteiger partial charge >= 0.3 is 6.09 Å². The minimum absolute atomic E-state index is 0.176. The van der Waals surface area contributed by atoms with Crippen LogP contribution in [0.2, 0.25) is 5.02 Å². The van der Waals surface area contributed by atoms with Gasteiger partial charge in [0.1, 0.15) is 6.61 Å². The Hall–Kier alpha value is -1.46. The number of hydrogen-bond acceptors (Lipinski definition) is 4. The number of halogens is 1. The van der Waals surface area contributed by atoms with E-state index in [1.165, 1.54) is 0 Å². The Balaban J connectivity index is 1.47. The molecular weight excluding hydrogens is 290 g/mol. The highest BCUT2D eigenvalue weighted by Gasteiger charge is 2.23. The molecule has 0 N–H and O–H groups in total. The zero-order valence-electron chi connectivity index (χ0n) is 12.0. The summed E-state index contributed by atoms with van der Waals surface area (Å²) >= 11 is 6.24. The third-order valence-corrected chi connectivity index (χ3v) is 4.42. The first kappa shape index (κ1) is 14.5. The molecule has 114 valence electrons. The maximum atomic E-state index is 11.4. The molecule has 1 aromatic carbocycles. The molecule has 2 fully saturated rings. The lowest BCUT2D eigenvalue weighted by atomic mass is 10.2. The normalized spacial score (nSPS) is 20.0. The summed E-state index contributed by atoms with van der Waals surface area (Å²) in [6, 6.07) is 7.98. The Morgan fingerprint density at radius 1 is 1.05 bits per heavy atom. The van der Waals surface area contributed by atoms with Crippen molar-refractivity contribution < 1.29 is 9.53 Å². The minimum Gasteiger partial charge on any atom is -0.448 e. The molecule has 0 aliphatic carbocycles. The third kappa shape index (κ3) is 3.41. The van der Waals surface area contributed by atoms with Gasteiger partial charge in [0, 0.05) is 39.3 Å². The zero-order chi connectivity index (χ0) is 14.7. The number of carbonyl (C=O) groups is 1. The smallest absolute Gasteiger partial charge is 0.409 e. The SMILES string of the molecule is O=C1OCCN1CCN1CCN(c2ccccc2Cl)CC1. The van der Waals surface area contributed by atoms with E-state index in [4.69, 9.17) is 16.3 Å². The predicted molar refractivity (Wildman–Crippen MR) is 83.0 cm³/mol. The topological polar surface area (TPSA) is 36.0 Å².